The van der Waals surface area contributed by atoms with Crippen molar-refractivity contribution in [1.29, 1.82) is 0 Å². The molecule has 1 aliphatic rings. The molecule has 0 heterocycles. The van der Waals surface area contributed by atoms with E-state index in [-0.39, 0.29) is 6.04 Å². The highest BCUT2D eigenvalue weighted by Gasteiger charge is 2.24. The van der Waals surface area contributed by atoms with Gasteiger partial charge in [0.05, 0.1) is 6.61 Å². The fourth-order valence-electron chi connectivity index (χ4n) is 3.04. The van der Waals surface area contributed by atoms with Crippen molar-refractivity contribution in [3.05, 3.63) is 35.4 Å². The minimum Gasteiger partial charge on any atom is -0.384 e. The first kappa shape index (κ1) is 14.5. The van der Waals surface area contributed by atoms with Crippen molar-refractivity contribution in [2.45, 2.75) is 45.1 Å². The number of methoxy groups -OCH3 is 1. The maximum Gasteiger partial charge on any atom is 0.0502 e. The molecule has 2 N–H and O–H groups in total. The summed E-state index contributed by atoms with van der Waals surface area (Å²) in [5.41, 5.74) is 9.06. The predicted molar refractivity (Wildman–Crippen MR) is 80.1 cm³/mol. The summed E-state index contributed by atoms with van der Waals surface area (Å²) in [6, 6.07) is 9.00. The van der Waals surface area contributed by atoms with Gasteiger partial charge in [-0.05, 0) is 42.2 Å². The van der Waals surface area contributed by atoms with Crippen molar-refractivity contribution >= 4 is 0 Å². The third-order valence-corrected chi connectivity index (χ3v) is 4.53. The highest BCUT2D eigenvalue weighted by atomic mass is 16.5. The second-order valence-electron chi connectivity index (χ2n) is 6.03. The fourth-order valence-corrected chi connectivity index (χ4v) is 3.04. The van der Waals surface area contributed by atoms with Crippen LogP contribution in [0.2, 0.25) is 0 Å². The number of hydrogen-bond acceptors (Lipinski definition) is 2. The molecule has 0 saturated heterocycles. The average molecular weight is 261 g/mol. The van der Waals surface area contributed by atoms with E-state index >= 15 is 0 Å². The molecule has 0 aromatic heterocycles. The molecular formula is C17H27NO. The Bertz CT molecular complexity index is 365. The lowest BCUT2D eigenvalue weighted by atomic mass is 9.77. The molecule has 0 bridgehead atoms. The Balaban J connectivity index is 1.93. The summed E-state index contributed by atoms with van der Waals surface area (Å²) < 4.78 is 5.10. The third-order valence-electron chi connectivity index (χ3n) is 4.53. The Hall–Kier alpha value is -0.860. The molecule has 1 aliphatic carbocycles. The zero-order chi connectivity index (χ0) is 13.7. The lowest BCUT2D eigenvalue weighted by Crippen LogP contribution is -2.25. The van der Waals surface area contributed by atoms with Gasteiger partial charge in [-0.25, -0.2) is 0 Å². The van der Waals surface area contributed by atoms with E-state index in [1.807, 2.05) is 0 Å². The van der Waals surface area contributed by atoms with Gasteiger partial charge in [0, 0.05) is 13.2 Å². The molecule has 1 aromatic carbocycles. The molecule has 1 aromatic rings. The fraction of sp³-hybridized carbons (Fsp3) is 0.647. The van der Waals surface area contributed by atoms with Crippen LogP contribution < -0.4 is 5.73 Å². The largest absolute Gasteiger partial charge is 0.384 e. The Kier molecular flexibility index (Phi) is 5.41. The number of benzene rings is 1. The second-order valence-corrected chi connectivity index (χ2v) is 6.03. The van der Waals surface area contributed by atoms with Crippen LogP contribution >= 0.6 is 0 Å². The minimum absolute atomic E-state index is 0.212. The first-order valence-corrected chi connectivity index (χ1v) is 7.54. The van der Waals surface area contributed by atoms with Crippen molar-refractivity contribution in [1.82, 2.24) is 0 Å². The molecule has 106 valence electrons. The second kappa shape index (κ2) is 7.06. The first-order chi connectivity index (χ1) is 9.20. The van der Waals surface area contributed by atoms with Crippen LogP contribution in [0.4, 0.5) is 0 Å². The number of ether oxygens (including phenoxy) is 1. The van der Waals surface area contributed by atoms with Gasteiger partial charge < -0.3 is 10.5 Å². The molecule has 1 atom stereocenters. The van der Waals surface area contributed by atoms with Gasteiger partial charge in [0.25, 0.3) is 0 Å². The first-order valence-electron chi connectivity index (χ1n) is 7.54. The summed E-state index contributed by atoms with van der Waals surface area (Å²) >= 11 is 0. The standard InChI is InChI=1S/C17H27NO/c1-13-3-7-15(8-4-13)17(18)16-9-5-14(6-10-16)11-12-19-2/h5-6,9-10,13,15,17H,3-4,7-8,11-12,18H2,1-2H3. The highest BCUT2D eigenvalue weighted by Crippen LogP contribution is 2.35. The molecule has 0 radical (unpaired) electrons. The SMILES string of the molecule is COCCc1ccc(C(N)C2CCC(C)CC2)cc1. The summed E-state index contributed by atoms with van der Waals surface area (Å²) in [5.74, 6) is 1.56. The topological polar surface area (TPSA) is 35.2 Å². The zero-order valence-electron chi connectivity index (χ0n) is 12.3. The lowest BCUT2D eigenvalue weighted by molar-refractivity contribution is 0.202. The number of hydrogen-bond donors (Lipinski definition) is 1. The van der Waals surface area contributed by atoms with Gasteiger partial charge in [-0.1, -0.05) is 44.0 Å². The normalized spacial score (nSPS) is 25.2. The van der Waals surface area contributed by atoms with Crippen molar-refractivity contribution in [2.75, 3.05) is 13.7 Å². The van der Waals surface area contributed by atoms with Crippen LogP contribution in [-0.2, 0) is 11.2 Å². The summed E-state index contributed by atoms with van der Waals surface area (Å²) in [4.78, 5) is 0. The molecule has 1 fully saturated rings. The van der Waals surface area contributed by atoms with Gasteiger partial charge in [0.15, 0.2) is 0 Å². The summed E-state index contributed by atoms with van der Waals surface area (Å²) in [7, 11) is 1.74. The van der Waals surface area contributed by atoms with E-state index in [9.17, 15) is 0 Å². The van der Waals surface area contributed by atoms with Crippen LogP contribution in [0.25, 0.3) is 0 Å². The van der Waals surface area contributed by atoms with E-state index in [1.165, 1.54) is 36.8 Å². The van der Waals surface area contributed by atoms with E-state index in [2.05, 4.69) is 31.2 Å². The third kappa shape index (κ3) is 4.05. The van der Waals surface area contributed by atoms with Crippen molar-refractivity contribution in [2.24, 2.45) is 17.6 Å². The molecule has 0 amide bonds. The van der Waals surface area contributed by atoms with E-state index in [0.717, 1.165) is 18.9 Å². The van der Waals surface area contributed by atoms with Gasteiger partial charge in [-0.3, -0.25) is 0 Å². The molecule has 2 heteroatoms. The quantitative estimate of drug-likeness (QED) is 0.877. The molecular weight excluding hydrogens is 234 g/mol. The monoisotopic (exact) mass is 261 g/mol. The molecule has 2 nitrogen and oxygen atoms in total. The van der Waals surface area contributed by atoms with Crippen molar-refractivity contribution < 1.29 is 4.74 Å². The summed E-state index contributed by atoms with van der Waals surface area (Å²) in [5, 5.41) is 0. The van der Waals surface area contributed by atoms with E-state index in [1.54, 1.807) is 7.11 Å². The lowest BCUT2D eigenvalue weighted by Gasteiger charge is -2.30. The van der Waals surface area contributed by atoms with Crippen molar-refractivity contribution in [3.63, 3.8) is 0 Å². The maximum atomic E-state index is 6.44. The Morgan fingerprint density at radius 2 is 1.79 bits per heavy atom. The smallest absolute Gasteiger partial charge is 0.0502 e. The molecule has 19 heavy (non-hydrogen) atoms. The molecule has 1 saturated carbocycles. The van der Waals surface area contributed by atoms with E-state index in [4.69, 9.17) is 10.5 Å². The van der Waals surface area contributed by atoms with Crippen LogP contribution in [-0.4, -0.2) is 13.7 Å². The molecule has 1 unspecified atom stereocenters. The highest BCUT2D eigenvalue weighted by molar-refractivity contribution is 5.25. The Labute approximate surface area is 117 Å². The maximum absolute atomic E-state index is 6.44. The Morgan fingerprint density at radius 3 is 2.37 bits per heavy atom. The van der Waals surface area contributed by atoms with Crippen LogP contribution in [0.15, 0.2) is 24.3 Å². The van der Waals surface area contributed by atoms with E-state index < -0.39 is 0 Å². The zero-order valence-corrected chi connectivity index (χ0v) is 12.3. The van der Waals surface area contributed by atoms with Crippen LogP contribution in [0.3, 0.4) is 0 Å². The van der Waals surface area contributed by atoms with Crippen LogP contribution in [0.1, 0.15) is 49.8 Å². The predicted octanol–water partition coefficient (Wildman–Crippen LogP) is 3.70. The number of nitrogens with two attached hydrogens (primary N) is 1. The molecule has 2 rings (SSSR count). The molecule has 0 spiro atoms. The van der Waals surface area contributed by atoms with Gasteiger partial charge in [-0.15, -0.1) is 0 Å². The van der Waals surface area contributed by atoms with Crippen LogP contribution in [0, 0.1) is 11.8 Å². The Morgan fingerprint density at radius 1 is 1.16 bits per heavy atom. The average Bonchev–Trinajstić information content (AvgIpc) is 2.46. The van der Waals surface area contributed by atoms with Gasteiger partial charge in [0.1, 0.15) is 0 Å². The van der Waals surface area contributed by atoms with Gasteiger partial charge in [-0.2, -0.15) is 0 Å². The van der Waals surface area contributed by atoms with Crippen LogP contribution in [0.5, 0.6) is 0 Å². The van der Waals surface area contributed by atoms with Gasteiger partial charge in [0.2, 0.25) is 0 Å². The number of rotatable bonds is 5. The van der Waals surface area contributed by atoms with E-state index in [0.29, 0.717) is 5.92 Å². The van der Waals surface area contributed by atoms with Gasteiger partial charge >= 0.3 is 0 Å². The minimum atomic E-state index is 0.212. The van der Waals surface area contributed by atoms with Crippen molar-refractivity contribution in [3.8, 4) is 0 Å². The molecule has 0 aliphatic heterocycles. The summed E-state index contributed by atoms with van der Waals surface area (Å²) in [6.45, 7) is 3.14. The summed E-state index contributed by atoms with van der Waals surface area (Å²) in [6.07, 6.45) is 6.23.